The van der Waals surface area contributed by atoms with Crippen molar-refractivity contribution in [2.24, 2.45) is 0 Å². The second-order valence-corrected chi connectivity index (χ2v) is 3.18. The lowest BCUT2D eigenvalue weighted by Crippen LogP contribution is -2.21. The molecule has 9 heteroatoms. The number of esters is 1. The van der Waals surface area contributed by atoms with Gasteiger partial charge in [-0.3, -0.25) is 0 Å². The summed E-state index contributed by atoms with van der Waals surface area (Å²) >= 11 is 0. The van der Waals surface area contributed by atoms with Crippen molar-refractivity contribution in [3.05, 3.63) is 23.1 Å². The summed E-state index contributed by atoms with van der Waals surface area (Å²) < 4.78 is 69.8. The normalized spacial score (nSPS) is 11.3. The van der Waals surface area contributed by atoms with Crippen LogP contribution in [0.5, 0.6) is 5.88 Å². The first-order valence-electron chi connectivity index (χ1n) is 4.96. The van der Waals surface area contributed by atoms with E-state index in [4.69, 9.17) is 0 Å². The summed E-state index contributed by atoms with van der Waals surface area (Å²) in [6, 6.07) is 0.482. The highest BCUT2D eigenvalue weighted by Gasteiger charge is 2.34. The molecule has 19 heavy (non-hydrogen) atoms. The number of alkyl halides is 4. The van der Waals surface area contributed by atoms with E-state index in [0.717, 1.165) is 0 Å². The molecule has 0 aromatic carbocycles. The number of carbonyl (C=O) groups is 1. The molecular weight excluding hydrogens is 277 g/mol. The van der Waals surface area contributed by atoms with Gasteiger partial charge in [-0.1, -0.05) is 0 Å². The number of rotatable bonds is 4. The van der Waals surface area contributed by atoms with E-state index in [1.165, 1.54) is 6.92 Å². The third kappa shape index (κ3) is 4.04. The Balaban J connectivity index is 3.28. The van der Waals surface area contributed by atoms with Crippen LogP contribution in [0.3, 0.4) is 0 Å². The van der Waals surface area contributed by atoms with Gasteiger partial charge >= 0.3 is 12.3 Å². The van der Waals surface area contributed by atoms with Gasteiger partial charge < -0.3 is 9.47 Å². The standard InChI is InChI=1S/C10H8F5NO3/c1-2-18-9(17)5-3-7(12)16-8(6(5)4-11)19-10(13,14)15/h3H,2,4H2,1H3. The first-order chi connectivity index (χ1) is 8.78. The molecule has 0 bridgehead atoms. The summed E-state index contributed by atoms with van der Waals surface area (Å²) in [6.45, 7) is -0.172. The van der Waals surface area contributed by atoms with Crippen molar-refractivity contribution in [2.75, 3.05) is 6.61 Å². The molecule has 0 N–H and O–H groups in total. The Morgan fingerprint density at radius 2 is 2.05 bits per heavy atom. The highest BCUT2D eigenvalue weighted by atomic mass is 19.4. The highest BCUT2D eigenvalue weighted by Crippen LogP contribution is 2.28. The molecule has 0 amide bonds. The van der Waals surface area contributed by atoms with Crippen LogP contribution in [0.2, 0.25) is 0 Å². The predicted molar refractivity (Wildman–Crippen MR) is 51.6 cm³/mol. The Hall–Kier alpha value is -1.93. The molecule has 1 aromatic heterocycles. The number of hydrogen-bond acceptors (Lipinski definition) is 4. The summed E-state index contributed by atoms with van der Waals surface area (Å²) in [7, 11) is 0. The summed E-state index contributed by atoms with van der Waals surface area (Å²) in [5.74, 6) is -3.93. The maximum atomic E-state index is 13.0. The number of carbonyl (C=O) groups excluding carboxylic acids is 1. The molecule has 1 aromatic rings. The Bertz CT molecular complexity index is 475. The lowest BCUT2D eigenvalue weighted by atomic mass is 10.1. The van der Waals surface area contributed by atoms with Gasteiger partial charge in [-0.05, 0) is 6.92 Å². The number of pyridine rings is 1. The van der Waals surface area contributed by atoms with Crippen molar-refractivity contribution in [3.63, 3.8) is 0 Å². The first kappa shape index (κ1) is 15.1. The van der Waals surface area contributed by atoms with Gasteiger partial charge in [0.05, 0.1) is 17.7 Å². The molecule has 0 spiro atoms. The monoisotopic (exact) mass is 285 g/mol. The third-order valence-corrected chi connectivity index (χ3v) is 1.90. The van der Waals surface area contributed by atoms with E-state index < -0.39 is 42.0 Å². The van der Waals surface area contributed by atoms with Crippen LogP contribution >= 0.6 is 0 Å². The number of aromatic nitrogens is 1. The second-order valence-electron chi connectivity index (χ2n) is 3.18. The van der Waals surface area contributed by atoms with E-state index in [1.807, 2.05) is 0 Å². The molecule has 0 radical (unpaired) electrons. The molecule has 0 unspecified atom stereocenters. The molecule has 0 fully saturated rings. The largest absolute Gasteiger partial charge is 0.574 e. The zero-order valence-corrected chi connectivity index (χ0v) is 9.55. The Morgan fingerprint density at radius 3 is 2.53 bits per heavy atom. The van der Waals surface area contributed by atoms with Crippen LogP contribution in [0.1, 0.15) is 22.8 Å². The number of hydrogen-bond donors (Lipinski definition) is 0. The van der Waals surface area contributed by atoms with Crippen molar-refractivity contribution in [1.82, 2.24) is 4.98 Å². The van der Waals surface area contributed by atoms with Crippen LogP contribution < -0.4 is 4.74 Å². The Kier molecular flexibility index (Phi) is 4.62. The summed E-state index contributed by atoms with van der Waals surface area (Å²) in [4.78, 5) is 14.2. The quantitative estimate of drug-likeness (QED) is 0.485. The predicted octanol–water partition coefficient (Wildman–Crippen LogP) is 2.77. The Morgan fingerprint density at radius 1 is 1.42 bits per heavy atom. The van der Waals surface area contributed by atoms with Crippen LogP contribution in [-0.4, -0.2) is 23.9 Å². The van der Waals surface area contributed by atoms with Gasteiger partial charge in [0.25, 0.3) is 0 Å². The zero-order valence-electron chi connectivity index (χ0n) is 9.55. The van der Waals surface area contributed by atoms with Gasteiger partial charge in [-0.25, -0.2) is 9.18 Å². The molecule has 0 atom stereocenters. The molecule has 106 valence electrons. The van der Waals surface area contributed by atoms with Crippen molar-refractivity contribution >= 4 is 5.97 Å². The maximum absolute atomic E-state index is 13.0. The molecule has 0 saturated carbocycles. The minimum absolute atomic E-state index is 0.107. The van der Waals surface area contributed by atoms with Crippen LogP contribution in [0, 0.1) is 5.95 Å². The average Bonchev–Trinajstić information content (AvgIpc) is 2.26. The van der Waals surface area contributed by atoms with E-state index >= 15 is 0 Å². The molecule has 0 aliphatic heterocycles. The lowest BCUT2D eigenvalue weighted by Gasteiger charge is -2.13. The molecule has 1 heterocycles. The molecule has 0 aliphatic carbocycles. The summed E-state index contributed by atoms with van der Waals surface area (Å²) in [5, 5.41) is 0. The van der Waals surface area contributed by atoms with Gasteiger partial charge in [-0.2, -0.15) is 9.37 Å². The number of halogens is 5. The van der Waals surface area contributed by atoms with E-state index in [-0.39, 0.29) is 6.61 Å². The second kappa shape index (κ2) is 5.81. The van der Waals surface area contributed by atoms with E-state index in [9.17, 15) is 26.7 Å². The third-order valence-electron chi connectivity index (χ3n) is 1.90. The molecule has 0 saturated heterocycles. The molecule has 1 rings (SSSR count). The minimum Gasteiger partial charge on any atom is -0.462 e. The van der Waals surface area contributed by atoms with Gasteiger partial charge in [0, 0.05) is 6.07 Å². The minimum atomic E-state index is -5.18. The smallest absolute Gasteiger partial charge is 0.462 e. The molecule has 4 nitrogen and oxygen atoms in total. The van der Waals surface area contributed by atoms with Crippen LogP contribution in [-0.2, 0) is 11.4 Å². The highest BCUT2D eigenvalue weighted by molar-refractivity contribution is 5.91. The number of nitrogens with zero attached hydrogens (tertiary/aromatic N) is 1. The van der Waals surface area contributed by atoms with E-state index in [2.05, 4.69) is 14.5 Å². The molecule has 0 aliphatic rings. The van der Waals surface area contributed by atoms with Gasteiger partial charge in [0.1, 0.15) is 6.67 Å². The average molecular weight is 285 g/mol. The fraction of sp³-hybridized carbons (Fsp3) is 0.400. The van der Waals surface area contributed by atoms with E-state index in [0.29, 0.717) is 6.07 Å². The van der Waals surface area contributed by atoms with Gasteiger partial charge in [-0.15, -0.1) is 13.2 Å². The first-order valence-corrected chi connectivity index (χ1v) is 4.96. The Labute approximate surface area is 104 Å². The maximum Gasteiger partial charge on any atom is 0.574 e. The number of ether oxygens (including phenoxy) is 2. The summed E-state index contributed by atoms with van der Waals surface area (Å²) in [5.41, 5.74) is -1.52. The zero-order chi connectivity index (χ0) is 14.6. The van der Waals surface area contributed by atoms with E-state index in [1.54, 1.807) is 0 Å². The van der Waals surface area contributed by atoms with Gasteiger partial charge in [0.15, 0.2) is 0 Å². The SMILES string of the molecule is CCOC(=O)c1cc(F)nc(OC(F)(F)F)c1CF. The fourth-order valence-electron chi connectivity index (χ4n) is 1.23. The van der Waals surface area contributed by atoms with Crippen LogP contribution in [0.25, 0.3) is 0 Å². The van der Waals surface area contributed by atoms with Crippen molar-refractivity contribution < 1.29 is 36.2 Å². The van der Waals surface area contributed by atoms with Crippen LogP contribution in [0.4, 0.5) is 22.0 Å². The van der Waals surface area contributed by atoms with Crippen molar-refractivity contribution in [1.29, 1.82) is 0 Å². The summed E-state index contributed by atoms with van der Waals surface area (Å²) in [6.07, 6.45) is -5.18. The van der Waals surface area contributed by atoms with Crippen molar-refractivity contribution in [3.8, 4) is 5.88 Å². The van der Waals surface area contributed by atoms with Gasteiger partial charge in [0.2, 0.25) is 11.8 Å². The topological polar surface area (TPSA) is 48.4 Å². The van der Waals surface area contributed by atoms with Crippen molar-refractivity contribution in [2.45, 2.75) is 20.0 Å². The lowest BCUT2D eigenvalue weighted by molar-refractivity contribution is -0.276. The fourth-order valence-corrected chi connectivity index (χ4v) is 1.23. The molecular formula is C10H8F5NO3. The van der Waals surface area contributed by atoms with Crippen LogP contribution in [0.15, 0.2) is 6.07 Å².